The minimum atomic E-state index is -0.471. The highest BCUT2D eigenvalue weighted by Crippen LogP contribution is 2.42. The van der Waals surface area contributed by atoms with Crippen LogP contribution in [0.4, 0.5) is 15.8 Å². The first kappa shape index (κ1) is 26.7. The van der Waals surface area contributed by atoms with Gasteiger partial charge in [0.25, 0.3) is 11.8 Å². The molecule has 210 valence electrons. The van der Waals surface area contributed by atoms with Gasteiger partial charge in [0.15, 0.2) is 0 Å². The number of amides is 2. The van der Waals surface area contributed by atoms with E-state index in [9.17, 15) is 14.0 Å². The van der Waals surface area contributed by atoms with Gasteiger partial charge in [0, 0.05) is 34.1 Å². The van der Waals surface area contributed by atoms with E-state index in [2.05, 4.69) is 10.3 Å². The van der Waals surface area contributed by atoms with Crippen LogP contribution in [0, 0.1) is 12.7 Å². The van der Waals surface area contributed by atoms with Crippen LogP contribution in [0.1, 0.15) is 31.3 Å². The molecule has 0 saturated carbocycles. The summed E-state index contributed by atoms with van der Waals surface area (Å²) in [5, 5.41) is 3.74. The zero-order valence-corrected chi connectivity index (χ0v) is 24.0. The molecule has 3 aromatic carbocycles. The average molecular weight is 585 g/mol. The Morgan fingerprint density at radius 2 is 1.79 bits per heavy atom. The number of thiophene rings is 1. The molecule has 0 saturated heterocycles. The van der Waals surface area contributed by atoms with E-state index in [0.717, 1.165) is 38.2 Å². The van der Waals surface area contributed by atoms with Crippen LogP contribution in [-0.2, 0) is 6.42 Å². The van der Waals surface area contributed by atoms with Gasteiger partial charge in [-0.3, -0.25) is 14.6 Å². The Morgan fingerprint density at radius 3 is 2.67 bits per heavy atom. The first-order valence-corrected chi connectivity index (χ1v) is 14.7. The molecule has 3 aromatic heterocycles. The summed E-state index contributed by atoms with van der Waals surface area (Å²) in [6.07, 6.45) is 2.31. The van der Waals surface area contributed by atoms with Gasteiger partial charge in [-0.05, 0) is 73.0 Å². The normalized spacial score (nSPS) is 12.4. The number of fused-ring (bicyclic) bond motifs is 4. The first-order valence-electron chi connectivity index (χ1n) is 13.9. The molecular formula is C35H25FN4O2S. The van der Waals surface area contributed by atoms with Crippen molar-refractivity contribution in [3.8, 4) is 21.7 Å². The Balaban J connectivity index is 1.19. The lowest BCUT2D eigenvalue weighted by Gasteiger charge is -2.23. The van der Waals surface area contributed by atoms with Gasteiger partial charge in [-0.25, -0.2) is 9.37 Å². The quantitative estimate of drug-likeness (QED) is 0.228. The molecule has 0 radical (unpaired) electrons. The van der Waals surface area contributed by atoms with Gasteiger partial charge in [-0.1, -0.05) is 48.5 Å². The van der Waals surface area contributed by atoms with Gasteiger partial charge in [0.2, 0.25) is 0 Å². The number of pyridine rings is 2. The van der Waals surface area contributed by atoms with Crippen molar-refractivity contribution in [2.75, 3.05) is 16.8 Å². The maximum Gasteiger partial charge on any atom is 0.276 e. The summed E-state index contributed by atoms with van der Waals surface area (Å²) in [6.45, 7) is 2.18. The third-order valence-electron chi connectivity index (χ3n) is 7.65. The van der Waals surface area contributed by atoms with E-state index in [1.54, 1.807) is 36.2 Å². The van der Waals surface area contributed by atoms with Gasteiger partial charge < -0.3 is 10.2 Å². The minimum absolute atomic E-state index is 0.184. The van der Waals surface area contributed by atoms with E-state index in [-0.39, 0.29) is 17.5 Å². The molecular weight excluding hydrogens is 559 g/mol. The summed E-state index contributed by atoms with van der Waals surface area (Å²) in [4.78, 5) is 39.5. The number of nitrogens with zero attached hydrogens (tertiary/aromatic N) is 3. The maximum atomic E-state index is 14.4. The summed E-state index contributed by atoms with van der Waals surface area (Å²) in [6, 6.07) is 29.6. The molecule has 1 aliphatic rings. The van der Waals surface area contributed by atoms with E-state index in [1.165, 1.54) is 17.4 Å². The van der Waals surface area contributed by atoms with E-state index in [0.29, 0.717) is 34.8 Å². The van der Waals surface area contributed by atoms with Gasteiger partial charge in [0.05, 0.1) is 27.5 Å². The summed E-state index contributed by atoms with van der Waals surface area (Å²) < 4.78 is 14.4. The molecule has 4 heterocycles. The maximum absolute atomic E-state index is 14.4. The minimum Gasteiger partial charge on any atom is -0.319 e. The highest BCUT2D eigenvalue weighted by atomic mass is 32.1. The Kier molecular flexibility index (Phi) is 6.75. The highest BCUT2D eigenvalue weighted by molar-refractivity contribution is 7.17. The number of aromatic nitrogens is 2. The van der Waals surface area contributed by atoms with Crippen LogP contribution in [0.2, 0.25) is 0 Å². The van der Waals surface area contributed by atoms with E-state index < -0.39 is 5.82 Å². The van der Waals surface area contributed by atoms with Crippen LogP contribution in [0.25, 0.3) is 32.6 Å². The number of halogens is 1. The number of anilines is 2. The molecule has 0 atom stereocenters. The number of nitrogens with one attached hydrogen (secondary N) is 1. The Labute approximate surface area is 251 Å². The molecule has 1 N–H and O–H groups in total. The van der Waals surface area contributed by atoms with E-state index in [1.807, 2.05) is 72.8 Å². The largest absolute Gasteiger partial charge is 0.319 e. The van der Waals surface area contributed by atoms with E-state index >= 15 is 0 Å². The number of carbonyl (C=O) groups is 2. The summed E-state index contributed by atoms with van der Waals surface area (Å²) in [5.41, 5.74) is 6.30. The predicted octanol–water partition coefficient (Wildman–Crippen LogP) is 7.93. The van der Waals surface area contributed by atoms with Crippen LogP contribution in [0.5, 0.6) is 0 Å². The van der Waals surface area contributed by atoms with Crippen molar-refractivity contribution in [2.45, 2.75) is 13.3 Å². The van der Waals surface area contributed by atoms with Crippen molar-refractivity contribution in [3.63, 3.8) is 0 Å². The van der Waals surface area contributed by atoms with Crippen LogP contribution in [0.15, 0.2) is 103 Å². The number of para-hydroxylation sites is 2. The van der Waals surface area contributed by atoms with Crippen LogP contribution in [-0.4, -0.2) is 28.3 Å². The summed E-state index contributed by atoms with van der Waals surface area (Å²) in [5.74, 6) is -1.02. The molecule has 0 aliphatic carbocycles. The summed E-state index contributed by atoms with van der Waals surface area (Å²) in [7, 11) is 0. The Morgan fingerprint density at radius 1 is 0.930 bits per heavy atom. The predicted molar refractivity (Wildman–Crippen MR) is 169 cm³/mol. The second kappa shape index (κ2) is 10.9. The zero-order chi connectivity index (χ0) is 29.5. The van der Waals surface area contributed by atoms with Gasteiger partial charge in [-0.2, -0.15) is 0 Å². The second-order valence-electron chi connectivity index (χ2n) is 10.4. The van der Waals surface area contributed by atoms with Crippen molar-refractivity contribution in [1.82, 2.24) is 9.97 Å². The third-order valence-corrected chi connectivity index (χ3v) is 8.86. The monoisotopic (exact) mass is 584 g/mol. The second-order valence-corrected chi connectivity index (χ2v) is 11.4. The lowest BCUT2D eigenvalue weighted by molar-refractivity contribution is 0.0981. The van der Waals surface area contributed by atoms with Gasteiger partial charge in [-0.15, -0.1) is 11.3 Å². The first-order chi connectivity index (χ1) is 21.0. The molecule has 2 amide bonds. The van der Waals surface area contributed by atoms with Crippen LogP contribution in [0.3, 0.4) is 0 Å². The fourth-order valence-electron chi connectivity index (χ4n) is 5.47. The number of hydrogen-bond donors (Lipinski definition) is 1. The van der Waals surface area contributed by atoms with Crippen molar-refractivity contribution in [3.05, 3.63) is 131 Å². The number of rotatable bonds is 4. The number of benzene rings is 3. The lowest BCUT2D eigenvalue weighted by atomic mass is 10.1. The fraction of sp³-hybridized carbons (Fsp3) is 0.0857. The molecule has 0 spiro atoms. The Bertz CT molecular complexity index is 2030. The molecule has 1 aliphatic heterocycles. The lowest BCUT2D eigenvalue weighted by Crippen LogP contribution is -2.33. The van der Waals surface area contributed by atoms with Crippen molar-refractivity contribution < 1.29 is 14.0 Å². The highest BCUT2D eigenvalue weighted by Gasteiger charge is 2.28. The molecule has 6 aromatic rings. The van der Waals surface area contributed by atoms with Crippen molar-refractivity contribution >= 4 is 45.4 Å². The number of aryl methyl sites for hydroxylation is 1. The smallest absolute Gasteiger partial charge is 0.276 e. The van der Waals surface area contributed by atoms with Gasteiger partial charge in [0.1, 0.15) is 11.5 Å². The summed E-state index contributed by atoms with van der Waals surface area (Å²) >= 11 is 1.35. The Hall–Kier alpha value is -5.21. The van der Waals surface area contributed by atoms with Crippen molar-refractivity contribution in [2.24, 2.45) is 0 Å². The third kappa shape index (κ3) is 4.96. The standard InChI is InChI=1S/C35H25FN4O2S/c1-21-7-4-10-26(36)32(21)39-34(41)31-20-24-16-18-40(30-13-3-2-9-25(30)33(24)43-31)35(42)29-12-5-11-28(38-29)23-14-15-27-22(19-23)8-6-17-37-27/h2-15,17,19-20H,16,18H2,1H3,(H,39,41). The fourth-order valence-corrected chi connectivity index (χ4v) is 6.61. The van der Waals surface area contributed by atoms with Gasteiger partial charge >= 0.3 is 0 Å². The SMILES string of the molecule is Cc1cccc(F)c1NC(=O)c1cc2c(s1)-c1ccccc1N(C(=O)c1cccc(-c3ccc4ncccc4c3)n1)CC2. The number of hydrogen-bond acceptors (Lipinski definition) is 5. The molecule has 7 rings (SSSR count). The molecule has 6 nitrogen and oxygen atoms in total. The molecule has 0 fully saturated rings. The zero-order valence-electron chi connectivity index (χ0n) is 23.2. The molecule has 0 unspecified atom stereocenters. The molecule has 8 heteroatoms. The van der Waals surface area contributed by atoms with Crippen molar-refractivity contribution in [1.29, 1.82) is 0 Å². The average Bonchev–Trinajstić information content (AvgIpc) is 3.40. The van der Waals surface area contributed by atoms with Crippen LogP contribution < -0.4 is 10.2 Å². The number of carbonyl (C=O) groups excluding carboxylic acids is 2. The van der Waals surface area contributed by atoms with E-state index in [4.69, 9.17) is 4.98 Å². The molecule has 43 heavy (non-hydrogen) atoms. The molecule has 0 bridgehead atoms. The van der Waals surface area contributed by atoms with Crippen LogP contribution >= 0.6 is 11.3 Å². The topological polar surface area (TPSA) is 75.2 Å².